The molecule has 1 aromatic carbocycles. The van der Waals surface area contributed by atoms with Crippen molar-refractivity contribution in [1.82, 2.24) is 5.32 Å². The van der Waals surface area contributed by atoms with E-state index in [9.17, 15) is 0 Å². The topological polar surface area (TPSA) is 30.5 Å². The first kappa shape index (κ1) is 13.2. The van der Waals surface area contributed by atoms with Crippen LogP contribution in [0.3, 0.4) is 0 Å². The predicted molar refractivity (Wildman–Crippen MR) is 84.3 cm³/mol. The highest BCUT2D eigenvalue weighted by Gasteiger charge is 2.15. The van der Waals surface area contributed by atoms with E-state index in [0.29, 0.717) is 13.2 Å². The van der Waals surface area contributed by atoms with E-state index in [4.69, 9.17) is 9.47 Å². The molecule has 0 unspecified atom stereocenters. The van der Waals surface area contributed by atoms with Crippen LogP contribution in [0.4, 0.5) is 0 Å². The van der Waals surface area contributed by atoms with Gasteiger partial charge in [-0.2, -0.15) is 0 Å². The summed E-state index contributed by atoms with van der Waals surface area (Å²) >= 11 is 1.97. The molecule has 1 N–H and O–H groups in total. The van der Waals surface area contributed by atoms with Crippen LogP contribution >= 0.6 is 11.3 Å². The van der Waals surface area contributed by atoms with Gasteiger partial charge in [0.05, 0.1) is 0 Å². The molecule has 4 rings (SSSR count). The lowest BCUT2D eigenvalue weighted by Crippen LogP contribution is -2.16. The molecule has 2 aromatic rings. The summed E-state index contributed by atoms with van der Waals surface area (Å²) in [5, 5.41) is 3.53. The first-order valence-electron chi connectivity index (χ1n) is 7.58. The Balaban J connectivity index is 1.36. The second-order valence-electron chi connectivity index (χ2n) is 5.60. The Hall–Kier alpha value is -1.52. The van der Waals surface area contributed by atoms with E-state index >= 15 is 0 Å². The smallest absolute Gasteiger partial charge is 0.161 e. The van der Waals surface area contributed by atoms with Crippen LogP contribution in [0.5, 0.6) is 11.5 Å². The molecule has 0 fully saturated rings. The number of hydrogen-bond donors (Lipinski definition) is 1. The SMILES string of the molecule is c1cc2c(cc1CNCc1cc3c(s1)CCC3)OCCO2. The van der Waals surface area contributed by atoms with Crippen LogP contribution in [-0.2, 0) is 25.9 Å². The Morgan fingerprint density at radius 3 is 2.81 bits per heavy atom. The van der Waals surface area contributed by atoms with Crippen molar-refractivity contribution in [3.05, 3.63) is 45.1 Å². The second-order valence-corrected chi connectivity index (χ2v) is 6.82. The molecule has 1 aliphatic heterocycles. The number of rotatable bonds is 4. The van der Waals surface area contributed by atoms with E-state index in [1.54, 1.807) is 10.4 Å². The average molecular weight is 301 g/mol. The van der Waals surface area contributed by atoms with Crippen LogP contribution in [0.2, 0.25) is 0 Å². The zero-order valence-electron chi connectivity index (χ0n) is 12.0. The largest absolute Gasteiger partial charge is 0.486 e. The number of benzene rings is 1. The third kappa shape index (κ3) is 2.78. The van der Waals surface area contributed by atoms with Gasteiger partial charge in [-0.25, -0.2) is 0 Å². The van der Waals surface area contributed by atoms with E-state index in [-0.39, 0.29) is 0 Å². The number of nitrogens with one attached hydrogen (secondary N) is 1. The molecule has 21 heavy (non-hydrogen) atoms. The first-order chi connectivity index (χ1) is 10.4. The molecule has 4 heteroatoms. The quantitative estimate of drug-likeness (QED) is 0.940. The molecule has 2 aliphatic rings. The Kier molecular flexibility index (Phi) is 3.57. The molecular weight excluding hydrogens is 282 g/mol. The summed E-state index contributed by atoms with van der Waals surface area (Å²) in [6.45, 7) is 3.10. The molecule has 0 bridgehead atoms. The Morgan fingerprint density at radius 1 is 1.00 bits per heavy atom. The lowest BCUT2D eigenvalue weighted by molar-refractivity contribution is 0.171. The summed E-state index contributed by atoms with van der Waals surface area (Å²) in [5.41, 5.74) is 2.82. The zero-order chi connectivity index (χ0) is 14.1. The lowest BCUT2D eigenvalue weighted by atomic mass is 10.2. The molecule has 0 spiro atoms. The van der Waals surface area contributed by atoms with Crippen LogP contribution in [0.1, 0.15) is 27.3 Å². The zero-order valence-corrected chi connectivity index (χ0v) is 12.8. The van der Waals surface area contributed by atoms with Crippen LogP contribution in [0.15, 0.2) is 24.3 Å². The molecular formula is C17H19NO2S. The van der Waals surface area contributed by atoms with Gasteiger partial charge in [0.15, 0.2) is 11.5 Å². The molecule has 0 saturated carbocycles. The molecule has 3 nitrogen and oxygen atoms in total. The van der Waals surface area contributed by atoms with Gasteiger partial charge in [0.2, 0.25) is 0 Å². The van der Waals surface area contributed by atoms with Crippen molar-refractivity contribution < 1.29 is 9.47 Å². The van der Waals surface area contributed by atoms with Crippen LogP contribution in [0, 0.1) is 0 Å². The van der Waals surface area contributed by atoms with Gasteiger partial charge in [0, 0.05) is 22.8 Å². The van der Waals surface area contributed by atoms with Gasteiger partial charge >= 0.3 is 0 Å². The number of fused-ring (bicyclic) bond motifs is 2. The third-order valence-corrected chi connectivity index (χ3v) is 5.27. The maximum absolute atomic E-state index is 5.62. The fraction of sp³-hybridized carbons (Fsp3) is 0.412. The molecule has 0 saturated heterocycles. The molecule has 1 aliphatic carbocycles. The monoisotopic (exact) mass is 301 g/mol. The molecule has 0 radical (unpaired) electrons. The summed E-state index contributed by atoms with van der Waals surface area (Å²) in [6.07, 6.45) is 3.89. The van der Waals surface area contributed by atoms with Gasteiger partial charge in [-0.3, -0.25) is 0 Å². The Labute approximate surface area is 128 Å². The van der Waals surface area contributed by atoms with Crippen molar-refractivity contribution in [2.45, 2.75) is 32.4 Å². The minimum absolute atomic E-state index is 0.643. The summed E-state index contributed by atoms with van der Waals surface area (Å²) < 4.78 is 11.2. The van der Waals surface area contributed by atoms with Crippen LogP contribution in [-0.4, -0.2) is 13.2 Å². The van der Waals surface area contributed by atoms with E-state index in [0.717, 1.165) is 24.6 Å². The number of aryl methyl sites for hydroxylation is 2. The van der Waals surface area contributed by atoms with Gasteiger partial charge in [-0.05, 0) is 48.6 Å². The minimum atomic E-state index is 0.643. The molecule has 0 atom stereocenters. The standard InChI is InChI=1S/C17H19NO2S/c1-2-13-9-14(21-17(13)3-1)11-18-10-12-4-5-15-16(8-12)20-7-6-19-15/h4-5,8-9,18H,1-3,6-7,10-11H2. The maximum Gasteiger partial charge on any atom is 0.161 e. The average Bonchev–Trinajstić information content (AvgIpc) is 3.08. The third-order valence-electron chi connectivity index (χ3n) is 4.03. The second kappa shape index (κ2) is 5.70. The predicted octanol–water partition coefficient (Wildman–Crippen LogP) is 3.30. The summed E-state index contributed by atoms with van der Waals surface area (Å²) in [7, 11) is 0. The molecule has 2 heterocycles. The van der Waals surface area contributed by atoms with Crippen molar-refractivity contribution in [2.24, 2.45) is 0 Å². The lowest BCUT2D eigenvalue weighted by Gasteiger charge is -2.18. The van der Waals surface area contributed by atoms with Crippen molar-refractivity contribution in [3.8, 4) is 11.5 Å². The normalized spacial score (nSPS) is 16.0. The summed E-state index contributed by atoms with van der Waals surface area (Å²) in [4.78, 5) is 3.06. The van der Waals surface area contributed by atoms with Crippen molar-refractivity contribution in [1.29, 1.82) is 0 Å². The summed E-state index contributed by atoms with van der Waals surface area (Å²) in [5.74, 6) is 1.73. The highest BCUT2D eigenvalue weighted by atomic mass is 32.1. The first-order valence-corrected chi connectivity index (χ1v) is 8.40. The van der Waals surface area contributed by atoms with E-state index in [1.807, 2.05) is 17.4 Å². The van der Waals surface area contributed by atoms with Crippen LogP contribution < -0.4 is 14.8 Å². The maximum atomic E-state index is 5.62. The van der Waals surface area contributed by atoms with E-state index in [1.165, 1.54) is 29.7 Å². The Morgan fingerprint density at radius 2 is 1.90 bits per heavy atom. The molecule has 1 aromatic heterocycles. The highest BCUT2D eigenvalue weighted by molar-refractivity contribution is 7.12. The van der Waals surface area contributed by atoms with Gasteiger partial charge in [0.1, 0.15) is 13.2 Å². The fourth-order valence-corrected chi connectivity index (χ4v) is 4.24. The van der Waals surface area contributed by atoms with Gasteiger partial charge in [-0.1, -0.05) is 6.07 Å². The fourth-order valence-electron chi connectivity index (χ4n) is 3.01. The van der Waals surface area contributed by atoms with Gasteiger partial charge in [-0.15, -0.1) is 11.3 Å². The van der Waals surface area contributed by atoms with Gasteiger partial charge < -0.3 is 14.8 Å². The molecule has 110 valence electrons. The minimum Gasteiger partial charge on any atom is -0.486 e. The Bertz CT molecular complexity index is 629. The van der Waals surface area contributed by atoms with Gasteiger partial charge in [0.25, 0.3) is 0 Å². The highest BCUT2D eigenvalue weighted by Crippen LogP contribution is 2.31. The number of ether oxygens (including phenoxy) is 2. The molecule has 0 amide bonds. The van der Waals surface area contributed by atoms with Crippen LogP contribution in [0.25, 0.3) is 0 Å². The van der Waals surface area contributed by atoms with E-state index < -0.39 is 0 Å². The van der Waals surface area contributed by atoms with Crippen molar-refractivity contribution in [3.63, 3.8) is 0 Å². The van der Waals surface area contributed by atoms with E-state index in [2.05, 4.69) is 23.5 Å². The number of thiophene rings is 1. The summed E-state index contributed by atoms with van der Waals surface area (Å²) in [6, 6.07) is 8.57. The van der Waals surface area contributed by atoms with Crippen molar-refractivity contribution >= 4 is 11.3 Å². The number of hydrogen-bond acceptors (Lipinski definition) is 4. The van der Waals surface area contributed by atoms with Crippen molar-refractivity contribution in [2.75, 3.05) is 13.2 Å².